The highest BCUT2D eigenvalue weighted by Crippen LogP contribution is 2.37. The predicted octanol–water partition coefficient (Wildman–Crippen LogP) is 1.46. The van der Waals surface area contributed by atoms with Crippen molar-refractivity contribution in [2.24, 2.45) is 0 Å². The van der Waals surface area contributed by atoms with Gasteiger partial charge in [0.25, 0.3) is 0 Å². The van der Waals surface area contributed by atoms with Crippen LogP contribution >= 0.6 is 0 Å². The predicted molar refractivity (Wildman–Crippen MR) is 99.2 cm³/mol. The van der Waals surface area contributed by atoms with Crippen LogP contribution in [0.3, 0.4) is 0 Å². The lowest BCUT2D eigenvalue weighted by molar-refractivity contribution is -0.231. The van der Waals surface area contributed by atoms with Crippen LogP contribution in [0.4, 0.5) is 0 Å². The van der Waals surface area contributed by atoms with Gasteiger partial charge < -0.3 is 25.2 Å². The van der Waals surface area contributed by atoms with E-state index in [2.05, 4.69) is 0 Å². The van der Waals surface area contributed by atoms with Crippen molar-refractivity contribution in [2.45, 2.75) is 43.9 Å². The van der Waals surface area contributed by atoms with Gasteiger partial charge in [-0.05, 0) is 22.8 Å². The zero-order valence-electron chi connectivity index (χ0n) is 15.0. The molecule has 2 aromatic carbocycles. The van der Waals surface area contributed by atoms with Crippen molar-refractivity contribution in [1.82, 2.24) is 0 Å². The first-order valence-corrected chi connectivity index (χ1v) is 9.01. The summed E-state index contributed by atoms with van der Waals surface area (Å²) >= 11 is 0. The Morgan fingerprint density at radius 2 is 1.74 bits per heavy atom. The van der Waals surface area contributed by atoms with E-state index in [4.69, 9.17) is 4.74 Å². The molecule has 0 radical (unpaired) electrons. The van der Waals surface area contributed by atoms with Crippen LogP contribution in [0.2, 0.25) is 0 Å². The zero-order chi connectivity index (χ0) is 19.6. The first-order valence-electron chi connectivity index (χ1n) is 9.01. The van der Waals surface area contributed by atoms with Crippen molar-refractivity contribution in [3.8, 4) is 11.1 Å². The average Bonchev–Trinajstić information content (AvgIpc) is 2.72. The monoisotopic (exact) mass is 372 g/mol. The molecular weight excluding hydrogens is 348 g/mol. The maximum Gasteiger partial charge on any atom is 0.162 e. The van der Waals surface area contributed by atoms with Crippen molar-refractivity contribution in [3.63, 3.8) is 0 Å². The zero-order valence-corrected chi connectivity index (χ0v) is 15.0. The largest absolute Gasteiger partial charge is 0.394 e. The normalized spacial score (nSPS) is 28.1. The van der Waals surface area contributed by atoms with E-state index in [9.17, 15) is 25.2 Å². The topological polar surface area (TPSA) is 107 Å². The van der Waals surface area contributed by atoms with Gasteiger partial charge in [0.05, 0.1) is 6.61 Å². The van der Waals surface area contributed by atoms with Gasteiger partial charge in [0.2, 0.25) is 0 Å². The molecule has 5 atom stereocenters. The molecule has 0 spiro atoms. The highest BCUT2D eigenvalue weighted by Gasteiger charge is 2.44. The summed E-state index contributed by atoms with van der Waals surface area (Å²) in [5.41, 5.74) is 2.73. The highest BCUT2D eigenvalue weighted by atomic mass is 16.5. The molecule has 0 saturated carbocycles. The van der Waals surface area contributed by atoms with Gasteiger partial charge in [0, 0.05) is 12.0 Å². The maximum absolute atomic E-state index is 12.0. The quantitative estimate of drug-likeness (QED) is 0.592. The van der Waals surface area contributed by atoms with E-state index in [0.717, 1.165) is 11.1 Å². The molecule has 0 aromatic heterocycles. The number of hydrogen-bond donors (Lipinski definition) is 4. The second-order valence-corrected chi connectivity index (χ2v) is 6.69. The molecule has 0 bridgehead atoms. The fraction of sp³-hybridized carbons (Fsp3) is 0.381. The Kier molecular flexibility index (Phi) is 6.04. The van der Waals surface area contributed by atoms with E-state index in [0.29, 0.717) is 17.5 Å². The average molecular weight is 372 g/mol. The van der Waals surface area contributed by atoms with E-state index in [1.807, 2.05) is 18.2 Å². The molecule has 0 amide bonds. The van der Waals surface area contributed by atoms with Crippen molar-refractivity contribution in [1.29, 1.82) is 0 Å². The molecule has 6 heteroatoms. The van der Waals surface area contributed by atoms with E-state index >= 15 is 0 Å². The Hall–Kier alpha value is -2.09. The van der Waals surface area contributed by atoms with Gasteiger partial charge in [-0.25, -0.2) is 0 Å². The van der Waals surface area contributed by atoms with Gasteiger partial charge >= 0.3 is 0 Å². The van der Waals surface area contributed by atoms with Crippen LogP contribution < -0.4 is 0 Å². The minimum Gasteiger partial charge on any atom is -0.394 e. The summed E-state index contributed by atoms with van der Waals surface area (Å²) in [6, 6.07) is 14.4. The number of aliphatic hydroxyl groups is 4. The molecule has 3 rings (SSSR count). The van der Waals surface area contributed by atoms with Crippen LogP contribution in [0.5, 0.6) is 0 Å². The third-order valence-corrected chi connectivity index (χ3v) is 4.98. The number of aliphatic hydroxyl groups excluding tert-OH is 4. The lowest BCUT2D eigenvalue weighted by atomic mass is 9.87. The number of rotatable bonds is 5. The van der Waals surface area contributed by atoms with Crippen LogP contribution in [0.1, 0.15) is 35.4 Å². The molecule has 1 aliphatic heterocycles. The van der Waals surface area contributed by atoms with Crippen LogP contribution in [-0.4, -0.2) is 57.2 Å². The van der Waals surface area contributed by atoms with Crippen LogP contribution in [0.15, 0.2) is 48.5 Å². The Labute approximate surface area is 157 Å². The molecule has 1 fully saturated rings. The van der Waals surface area contributed by atoms with Crippen LogP contribution in [0.25, 0.3) is 11.1 Å². The Morgan fingerprint density at radius 3 is 2.44 bits per heavy atom. The Bertz CT molecular complexity index is 803. The molecule has 27 heavy (non-hydrogen) atoms. The minimum absolute atomic E-state index is 0.0298. The fourth-order valence-electron chi connectivity index (χ4n) is 3.43. The SMILES string of the molecule is CCC(=O)c1cccc(-c2ccccc2[C@H]2O[C@H](CO)[C@@H](O)[C@H](O)[C@@H]2O)c1. The van der Waals surface area contributed by atoms with Gasteiger partial charge in [0.1, 0.15) is 30.5 Å². The van der Waals surface area contributed by atoms with E-state index < -0.39 is 37.1 Å². The number of Topliss-reactive ketones (excluding diaryl/α,β-unsaturated/α-hetero) is 1. The van der Waals surface area contributed by atoms with Crippen molar-refractivity contribution < 1.29 is 30.0 Å². The summed E-state index contributed by atoms with van der Waals surface area (Å²) in [4.78, 5) is 12.0. The van der Waals surface area contributed by atoms with Crippen LogP contribution in [-0.2, 0) is 4.74 Å². The summed E-state index contributed by atoms with van der Waals surface area (Å²) in [7, 11) is 0. The first-order chi connectivity index (χ1) is 13.0. The van der Waals surface area contributed by atoms with Crippen molar-refractivity contribution in [2.75, 3.05) is 6.61 Å². The second kappa shape index (κ2) is 8.29. The van der Waals surface area contributed by atoms with Crippen molar-refractivity contribution in [3.05, 3.63) is 59.7 Å². The van der Waals surface area contributed by atoms with Crippen molar-refractivity contribution >= 4 is 5.78 Å². The van der Waals surface area contributed by atoms with Gasteiger partial charge in [-0.15, -0.1) is 0 Å². The molecule has 1 aliphatic rings. The first kappa shape index (κ1) is 19.7. The Balaban J connectivity index is 2.03. The lowest BCUT2D eigenvalue weighted by Crippen LogP contribution is -2.55. The van der Waals surface area contributed by atoms with E-state index in [-0.39, 0.29) is 5.78 Å². The summed E-state index contributed by atoms with van der Waals surface area (Å²) in [6.45, 7) is 1.32. The molecule has 6 nitrogen and oxygen atoms in total. The highest BCUT2D eigenvalue weighted by molar-refractivity contribution is 5.97. The standard InChI is InChI=1S/C21H24O6/c1-2-16(23)13-7-5-6-12(10-13)14-8-3-4-9-15(14)21-20(26)19(25)18(24)17(11-22)27-21/h3-10,17-22,24-26H,2,11H2,1H3/t17-,18-,19+,20+,21-/m1/s1. The molecule has 1 heterocycles. The number of benzene rings is 2. The van der Waals surface area contributed by atoms with Gasteiger partial charge in [-0.2, -0.15) is 0 Å². The smallest absolute Gasteiger partial charge is 0.162 e. The van der Waals surface area contributed by atoms with Gasteiger partial charge in [-0.1, -0.05) is 49.4 Å². The summed E-state index contributed by atoms with van der Waals surface area (Å²) in [5, 5.41) is 40.0. The van der Waals surface area contributed by atoms with Gasteiger partial charge in [-0.3, -0.25) is 4.79 Å². The van der Waals surface area contributed by atoms with E-state index in [1.54, 1.807) is 37.3 Å². The maximum atomic E-state index is 12.0. The number of carbonyl (C=O) groups is 1. The summed E-state index contributed by atoms with van der Waals surface area (Å²) < 4.78 is 5.70. The third-order valence-electron chi connectivity index (χ3n) is 4.98. The number of hydrogen-bond acceptors (Lipinski definition) is 6. The molecule has 2 aromatic rings. The molecule has 144 valence electrons. The third kappa shape index (κ3) is 3.81. The number of ether oxygens (including phenoxy) is 1. The summed E-state index contributed by atoms with van der Waals surface area (Å²) in [5.74, 6) is 0.0298. The number of carbonyl (C=O) groups excluding carboxylic acids is 1. The second-order valence-electron chi connectivity index (χ2n) is 6.69. The molecule has 0 aliphatic carbocycles. The summed E-state index contributed by atoms with van der Waals surface area (Å²) in [6.07, 6.45) is -5.71. The Morgan fingerprint density at radius 1 is 1.00 bits per heavy atom. The molecule has 1 saturated heterocycles. The fourth-order valence-corrected chi connectivity index (χ4v) is 3.43. The lowest BCUT2D eigenvalue weighted by Gasteiger charge is -2.40. The molecular formula is C21H24O6. The number of ketones is 1. The van der Waals surface area contributed by atoms with E-state index in [1.165, 1.54) is 0 Å². The molecule has 0 unspecified atom stereocenters. The van der Waals surface area contributed by atoms with Crippen LogP contribution in [0, 0.1) is 0 Å². The minimum atomic E-state index is -1.44. The van der Waals surface area contributed by atoms with Gasteiger partial charge in [0.15, 0.2) is 5.78 Å². The molecule has 4 N–H and O–H groups in total.